The molecule has 1 atom stereocenters. The molecular formula is C22H23ClN4O2S. The topological polar surface area (TPSA) is 62.5 Å². The number of nitrogens with zero attached hydrogens (tertiary/aromatic N) is 4. The zero-order valence-corrected chi connectivity index (χ0v) is 18.3. The van der Waals surface area contributed by atoms with Crippen molar-refractivity contribution in [1.82, 2.24) is 19.9 Å². The largest absolute Gasteiger partial charge is 0.339 e. The van der Waals surface area contributed by atoms with Crippen molar-refractivity contribution in [3.63, 3.8) is 0 Å². The highest BCUT2D eigenvalue weighted by molar-refractivity contribution is 8.00. The van der Waals surface area contributed by atoms with E-state index in [4.69, 9.17) is 16.1 Å². The molecule has 30 heavy (non-hydrogen) atoms. The van der Waals surface area contributed by atoms with Crippen molar-refractivity contribution in [3.8, 4) is 11.4 Å². The Morgan fingerprint density at radius 3 is 2.50 bits per heavy atom. The first kappa shape index (κ1) is 20.9. The van der Waals surface area contributed by atoms with Crippen LogP contribution in [0.1, 0.15) is 12.8 Å². The van der Waals surface area contributed by atoms with E-state index >= 15 is 0 Å². The predicted octanol–water partition coefficient (Wildman–Crippen LogP) is 4.22. The van der Waals surface area contributed by atoms with Crippen LogP contribution in [0.2, 0.25) is 5.02 Å². The number of amides is 1. The van der Waals surface area contributed by atoms with Gasteiger partial charge in [-0.2, -0.15) is 4.98 Å². The fraction of sp³-hybridized carbons (Fsp3) is 0.318. The lowest BCUT2D eigenvalue weighted by Crippen LogP contribution is -2.50. The van der Waals surface area contributed by atoms with E-state index in [9.17, 15) is 4.79 Å². The second-order valence-corrected chi connectivity index (χ2v) is 9.04. The van der Waals surface area contributed by atoms with Crippen LogP contribution in [0.15, 0.2) is 64.0 Å². The SMILES string of the molecule is CC(Sc1ccccc1)C(=O)N1CCN(Cc2nc(-c3ccc(Cl)cc3)no2)CC1. The maximum absolute atomic E-state index is 12.8. The van der Waals surface area contributed by atoms with Crippen molar-refractivity contribution in [1.29, 1.82) is 0 Å². The summed E-state index contributed by atoms with van der Waals surface area (Å²) in [5.74, 6) is 1.32. The molecule has 0 aliphatic carbocycles. The van der Waals surface area contributed by atoms with Gasteiger partial charge in [0.2, 0.25) is 17.6 Å². The van der Waals surface area contributed by atoms with Gasteiger partial charge in [-0.05, 0) is 43.3 Å². The third kappa shape index (κ3) is 5.22. The number of benzene rings is 2. The quantitative estimate of drug-likeness (QED) is 0.533. The lowest BCUT2D eigenvalue weighted by molar-refractivity contribution is -0.132. The molecule has 1 fully saturated rings. The highest BCUT2D eigenvalue weighted by Gasteiger charge is 2.26. The molecule has 0 bridgehead atoms. The molecule has 1 amide bonds. The number of rotatable bonds is 6. The smallest absolute Gasteiger partial charge is 0.241 e. The molecule has 1 aliphatic rings. The zero-order chi connectivity index (χ0) is 20.9. The Bertz CT molecular complexity index is 972. The molecule has 0 spiro atoms. The number of carbonyl (C=O) groups is 1. The number of halogens is 1. The van der Waals surface area contributed by atoms with E-state index in [1.807, 2.05) is 54.3 Å². The second kappa shape index (κ2) is 9.64. The number of thioether (sulfide) groups is 1. The van der Waals surface area contributed by atoms with Crippen molar-refractivity contribution in [2.24, 2.45) is 0 Å². The minimum Gasteiger partial charge on any atom is -0.339 e. The molecule has 8 heteroatoms. The van der Waals surface area contributed by atoms with Crippen LogP contribution in [0.25, 0.3) is 11.4 Å². The van der Waals surface area contributed by atoms with Gasteiger partial charge >= 0.3 is 0 Å². The standard InChI is InChI=1S/C22H23ClN4O2S/c1-16(30-19-5-3-2-4-6-19)22(28)27-13-11-26(12-14-27)15-20-24-21(25-29-20)17-7-9-18(23)10-8-17/h2-10,16H,11-15H2,1H3. The lowest BCUT2D eigenvalue weighted by Gasteiger charge is -2.35. The van der Waals surface area contributed by atoms with Crippen LogP contribution in [0.5, 0.6) is 0 Å². The number of hydrogen-bond donors (Lipinski definition) is 0. The third-order valence-corrected chi connectivity index (χ3v) is 6.37. The van der Waals surface area contributed by atoms with Crippen LogP contribution < -0.4 is 0 Å². The monoisotopic (exact) mass is 442 g/mol. The molecule has 1 saturated heterocycles. The van der Waals surface area contributed by atoms with E-state index in [2.05, 4.69) is 15.0 Å². The summed E-state index contributed by atoms with van der Waals surface area (Å²) in [6.45, 7) is 5.54. The second-order valence-electron chi connectivity index (χ2n) is 7.19. The van der Waals surface area contributed by atoms with Crippen molar-refractivity contribution in [3.05, 3.63) is 65.5 Å². The van der Waals surface area contributed by atoms with Crippen molar-refractivity contribution in [2.75, 3.05) is 26.2 Å². The van der Waals surface area contributed by atoms with Gasteiger partial charge in [0, 0.05) is 41.7 Å². The summed E-state index contributed by atoms with van der Waals surface area (Å²) < 4.78 is 5.41. The summed E-state index contributed by atoms with van der Waals surface area (Å²) in [5, 5.41) is 4.64. The van der Waals surface area contributed by atoms with Gasteiger partial charge in [0.15, 0.2) is 0 Å². The lowest BCUT2D eigenvalue weighted by atomic mass is 10.2. The molecule has 156 valence electrons. The fourth-order valence-corrected chi connectivity index (χ4v) is 4.46. The number of hydrogen-bond acceptors (Lipinski definition) is 6. The third-order valence-electron chi connectivity index (χ3n) is 5.02. The van der Waals surface area contributed by atoms with E-state index in [0.29, 0.717) is 36.4 Å². The van der Waals surface area contributed by atoms with E-state index < -0.39 is 0 Å². The number of carbonyl (C=O) groups excluding carboxylic acids is 1. The summed E-state index contributed by atoms with van der Waals surface area (Å²) in [6, 6.07) is 17.4. The van der Waals surface area contributed by atoms with Gasteiger partial charge in [-0.25, -0.2) is 0 Å². The van der Waals surface area contributed by atoms with Crippen LogP contribution in [0.3, 0.4) is 0 Å². The highest BCUT2D eigenvalue weighted by atomic mass is 35.5. The summed E-state index contributed by atoms with van der Waals surface area (Å²) in [4.78, 5) is 22.6. The minimum absolute atomic E-state index is 0.100. The van der Waals surface area contributed by atoms with Crippen molar-refractivity contribution < 1.29 is 9.32 Å². The molecule has 6 nitrogen and oxygen atoms in total. The maximum atomic E-state index is 12.8. The molecular weight excluding hydrogens is 420 g/mol. The van der Waals surface area contributed by atoms with Gasteiger partial charge < -0.3 is 9.42 Å². The van der Waals surface area contributed by atoms with E-state index in [1.165, 1.54) is 0 Å². The molecule has 4 rings (SSSR count). The van der Waals surface area contributed by atoms with Gasteiger partial charge in [0.25, 0.3) is 0 Å². The average molecular weight is 443 g/mol. The predicted molar refractivity (Wildman–Crippen MR) is 118 cm³/mol. The molecule has 1 aliphatic heterocycles. The Labute approximate surface area is 185 Å². The van der Waals surface area contributed by atoms with Gasteiger partial charge in [0.05, 0.1) is 11.8 Å². The molecule has 3 aromatic rings. The average Bonchev–Trinajstić information content (AvgIpc) is 3.23. The van der Waals surface area contributed by atoms with E-state index in [1.54, 1.807) is 23.9 Å². The van der Waals surface area contributed by atoms with Gasteiger partial charge in [-0.15, -0.1) is 11.8 Å². The molecule has 1 aromatic heterocycles. The summed E-state index contributed by atoms with van der Waals surface area (Å²) >= 11 is 7.53. The summed E-state index contributed by atoms with van der Waals surface area (Å²) in [5.41, 5.74) is 0.870. The van der Waals surface area contributed by atoms with Crippen LogP contribution in [0, 0.1) is 0 Å². The van der Waals surface area contributed by atoms with Crippen molar-refractivity contribution >= 4 is 29.3 Å². The fourth-order valence-electron chi connectivity index (χ4n) is 3.36. The highest BCUT2D eigenvalue weighted by Crippen LogP contribution is 2.25. The Hall–Kier alpha value is -2.35. The zero-order valence-electron chi connectivity index (χ0n) is 16.7. The number of aromatic nitrogens is 2. The molecule has 2 heterocycles. The van der Waals surface area contributed by atoms with E-state index in [0.717, 1.165) is 23.5 Å². The molecule has 0 saturated carbocycles. The first-order valence-corrected chi connectivity index (χ1v) is 11.2. The number of piperazine rings is 1. The first-order valence-electron chi connectivity index (χ1n) is 9.90. The molecule has 2 aromatic carbocycles. The normalized spacial score (nSPS) is 15.9. The van der Waals surface area contributed by atoms with Gasteiger partial charge in [0.1, 0.15) is 0 Å². The van der Waals surface area contributed by atoms with Crippen LogP contribution in [0.4, 0.5) is 0 Å². The Kier molecular flexibility index (Phi) is 6.72. The van der Waals surface area contributed by atoms with Crippen LogP contribution in [-0.4, -0.2) is 57.3 Å². The van der Waals surface area contributed by atoms with Gasteiger partial charge in [-0.3, -0.25) is 9.69 Å². The van der Waals surface area contributed by atoms with E-state index in [-0.39, 0.29) is 11.2 Å². The molecule has 0 N–H and O–H groups in total. The Morgan fingerprint density at radius 1 is 1.10 bits per heavy atom. The molecule has 1 unspecified atom stereocenters. The first-order chi connectivity index (χ1) is 14.6. The summed E-state index contributed by atoms with van der Waals surface area (Å²) in [7, 11) is 0. The summed E-state index contributed by atoms with van der Waals surface area (Å²) in [6.07, 6.45) is 0. The maximum Gasteiger partial charge on any atom is 0.241 e. The van der Waals surface area contributed by atoms with Crippen LogP contribution in [-0.2, 0) is 11.3 Å². The minimum atomic E-state index is -0.100. The van der Waals surface area contributed by atoms with Crippen molar-refractivity contribution in [2.45, 2.75) is 23.6 Å². The Balaban J connectivity index is 1.27. The van der Waals surface area contributed by atoms with Gasteiger partial charge in [-0.1, -0.05) is 35.0 Å². The Morgan fingerprint density at radius 2 is 1.80 bits per heavy atom. The molecule has 0 radical (unpaired) electrons. The van der Waals surface area contributed by atoms with Crippen LogP contribution >= 0.6 is 23.4 Å².